The molecule has 1 atom stereocenters. The van der Waals surface area contributed by atoms with E-state index in [2.05, 4.69) is 34.6 Å². The Balaban J connectivity index is 0.00000392. The van der Waals surface area contributed by atoms with Gasteiger partial charge in [0, 0.05) is 31.9 Å². The Hall–Kier alpha value is -1.91. The van der Waals surface area contributed by atoms with Gasteiger partial charge in [0.2, 0.25) is 0 Å². The lowest BCUT2D eigenvalue weighted by atomic mass is 10.1. The summed E-state index contributed by atoms with van der Waals surface area (Å²) in [4.78, 5) is 4.19. The summed E-state index contributed by atoms with van der Waals surface area (Å²) in [6, 6.07) is 3.38. The fraction of sp³-hybridized carbons (Fsp3) is 0.474. The molecule has 1 aromatic heterocycles. The Labute approximate surface area is 181 Å². The van der Waals surface area contributed by atoms with Crippen molar-refractivity contribution < 1.29 is 13.5 Å². The molecule has 6 nitrogen and oxygen atoms in total. The molecule has 0 aliphatic heterocycles. The molecule has 0 saturated heterocycles. The van der Waals surface area contributed by atoms with Crippen LogP contribution in [0, 0.1) is 25.5 Å². The Bertz CT molecular complexity index is 810. The van der Waals surface area contributed by atoms with Crippen LogP contribution in [0.25, 0.3) is 0 Å². The van der Waals surface area contributed by atoms with E-state index >= 15 is 0 Å². The first-order valence-corrected chi connectivity index (χ1v) is 8.86. The second-order valence-electron chi connectivity index (χ2n) is 6.44. The van der Waals surface area contributed by atoms with Crippen molar-refractivity contribution in [2.45, 2.75) is 33.2 Å². The molecule has 0 fully saturated rings. The Morgan fingerprint density at radius 3 is 2.61 bits per heavy atom. The van der Waals surface area contributed by atoms with E-state index in [9.17, 15) is 8.78 Å². The van der Waals surface area contributed by atoms with E-state index < -0.39 is 11.6 Å². The maximum atomic E-state index is 13.5. The summed E-state index contributed by atoms with van der Waals surface area (Å²) in [5.74, 6) is -0.689. The number of nitrogens with zero attached hydrogens (tertiary/aromatic N) is 3. The summed E-state index contributed by atoms with van der Waals surface area (Å²) in [7, 11) is 3.62. The molecular formula is C19H28F2IN5O. The van der Waals surface area contributed by atoms with Crippen LogP contribution in [0.4, 0.5) is 8.78 Å². The maximum Gasteiger partial charge on any atom is 0.191 e. The van der Waals surface area contributed by atoms with Crippen molar-refractivity contribution in [1.82, 2.24) is 20.4 Å². The standard InChI is InChI=1S/C19H27F2N5O.HI/c1-12(10-16-13(2)25-26(5)14(16)3)24-19(22-4)23-8-9-27-18-7-6-15(20)11-17(18)21;/h6-7,11-12H,8-10H2,1-5H3,(H2,22,23,24);1H. The van der Waals surface area contributed by atoms with Crippen LogP contribution in [-0.4, -0.2) is 42.0 Å². The summed E-state index contributed by atoms with van der Waals surface area (Å²) < 4.78 is 33.6. The smallest absolute Gasteiger partial charge is 0.191 e. The molecule has 2 N–H and O–H groups in total. The first-order chi connectivity index (χ1) is 12.8. The number of aromatic nitrogens is 2. The molecule has 0 aliphatic rings. The lowest BCUT2D eigenvalue weighted by Crippen LogP contribution is -2.44. The highest BCUT2D eigenvalue weighted by Crippen LogP contribution is 2.17. The van der Waals surface area contributed by atoms with Gasteiger partial charge in [-0.25, -0.2) is 8.78 Å². The Kier molecular flexibility index (Phi) is 9.63. The highest BCUT2D eigenvalue weighted by atomic mass is 127. The van der Waals surface area contributed by atoms with E-state index in [4.69, 9.17) is 4.74 Å². The van der Waals surface area contributed by atoms with Crippen LogP contribution in [0.15, 0.2) is 23.2 Å². The summed E-state index contributed by atoms with van der Waals surface area (Å²) in [6.45, 7) is 6.78. The normalized spacial score (nSPS) is 12.3. The zero-order chi connectivity index (χ0) is 20.0. The number of hydrogen-bond donors (Lipinski definition) is 2. The molecule has 0 saturated carbocycles. The van der Waals surface area contributed by atoms with Gasteiger partial charge in [-0.1, -0.05) is 0 Å². The first-order valence-electron chi connectivity index (χ1n) is 8.86. The second-order valence-corrected chi connectivity index (χ2v) is 6.44. The van der Waals surface area contributed by atoms with Gasteiger partial charge in [0.25, 0.3) is 0 Å². The van der Waals surface area contributed by atoms with Crippen LogP contribution >= 0.6 is 24.0 Å². The van der Waals surface area contributed by atoms with Crippen LogP contribution in [0.2, 0.25) is 0 Å². The monoisotopic (exact) mass is 507 g/mol. The van der Waals surface area contributed by atoms with Gasteiger partial charge in [0.15, 0.2) is 17.5 Å². The molecule has 0 radical (unpaired) electrons. The largest absolute Gasteiger partial charge is 0.489 e. The highest BCUT2D eigenvalue weighted by molar-refractivity contribution is 14.0. The quantitative estimate of drug-likeness (QED) is 0.262. The number of hydrogen-bond acceptors (Lipinski definition) is 3. The summed E-state index contributed by atoms with van der Waals surface area (Å²) in [5, 5.41) is 10.9. The predicted molar refractivity (Wildman–Crippen MR) is 118 cm³/mol. The van der Waals surface area contributed by atoms with Crippen molar-refractivity contribution in [2.24, 2.45) is 12.0 Å². The molecule has 1 aromatic carbocycles. The van der Waals surface area contributed by atoms with E-state index in [-0.39, 0.29) is 42.4 Å². The molecule has 28 heavy (non-hydrogen) atoms. The van der Waals surface area contributed by atoms with Gasteiger partial charge in [-0.05, 0) is 44.9 Å². The van der Waals surface area contributed by atoms with Crippen molar-refractivity contribution in [3.05, 3.63) is 46.8 Å². The zero-order valence-electron chi connectivity index (χ0n) is 16.8. The number of nitrogens with one attached hydrogen (secondary N) is 2. The molecule has 0 bridgehead atoms. The molecule has 0 spiro atoms. The molecule has 0 amide bonds. The highest BCUT2D eigenvalue weighted by Gasteiger charge is 2.14. The predicted octanol–water partition coefficient (Wildman–Crippen LogP) is 3.11. The molecule has 0 aliphatic carbocycles. The fourth-order valence-electron chi connectivity index (χ4n) is 2.82. The van der Waals surface area contributed by atoms with Crippen LogP contribution < -0.4 is 15.4 Å². The van der Waals surface area contributed by atoms with Gasteiger partial charge in [-0.15, -0.1) is 24.0 Å². The third-order valence-electron chi connectivity index (χ3n) is 4.32. The molecule has 1 heterocycles. The number of guanidine groups is 1. The van der Waals surface area contributed by atoms with Crippen molar-refractivity contribution in [3.63, 3.8) is 0 Å². The number of rotatable bonds is 7. The Morgan fingerprint density at radius 2 is 2.04 bits per heavy atom. The third kappa shape index (κ3) is 6.61. The molecule has 9 heteroatoms. The Morgan fingerprint density at radius 1 is 1.32 bits per heavy atom. The number of aliphatic imine (C=N–C) groups is 1. The number of ether oxygens (including phenoxy) is 1. The molecular weight excluding hydrogens is 479 g/mol. The van der Waals surface area contributed by atoms with Crippen LogP contribution in [0.1, 0.15) is 23.9 Å². The summed E-state index contributed by atoms with van der Waals surface area (Å²) in [6.07, 6.45) is 0.823. The maximum absolute atomic E-state index is 13.5. The van der Waals surface area contributed by atoms with E-state index in [1.165, 1.54) is 11.6 Å². The van der Waals surface area contributed by atoms with Gasteiger partial charge in [0.1, 0.15) is 12.4 Å². The first kappa shape index (κ1) is 24.1. The van der Waals surface area contributed by atoms with E-state index in [1.54, 1.807) is 7.05 Å². The summed E-state index contributed by atoms with van der Waals surface area (Å²) >= 11 is 0. The molecule has 2 aromatic rings. The number of aryl methyl sites for hydroxylation is 2. The number of benzene rings is 1. The lowest BCUT2D eigenvalue weighted by Gasteiger charge is -2.18. The van der Waals surface area contributed by atoms with Gasteiger partial charge >= 0.3 is 0 Å². The van der Waals surface area contributed by atoms with E-state index in [1.807, 2.05) is 18.7 Å². The lowest BCUT2D eigenvalue weighted by molar-refractivity contribution is 0.304. The van der Waals surface area contributed by atoms with Crippen molar-refractivity contribution in [3.8, 4) is 5.75 Å². The SMILES string of the molecule is CN=C(NCCOc1ccc(F)cc1F)NC(C)Cc1c(C)nn(C)c1C.I. The average Bonchev–Trinajstić information content (AvgIpc) is 2.85. The summed E-state index contributed by atoms with van der Waals surface area (Å²) in [5.41, 5.74) is 3.41. The second kappa shape index (κ2) is 11.2. The van der Waals surface area contributed by atoms with Crippen LogP contribution in [0.5, 0.6) is 5.75 Å². The fourth-order valence-corrected chi connectivity index (χ4v) is 2.82. The van der Waals surface area contributed by atoms with Crippen LogP contribution in [-0.2, 0) is 13.5 Å². The van der Waals surface area contributed by atoms with E-state index in [0.29, 0.717) is 12.5 Å². The van der Waals surface area contributed by atoms with Gasteiger partial charge < -0.3 is 15.4 Å². The van der Waals surface area contributed by atoms with E-state index in [0.717, 1.165) is 29.9 Å². The van der Waals surface area contributed by atoms with Gasteiger partial charge in [-0.2, -0.15) is 5.10 Å². The molecule has 156 valence electrons. The van der Waals surface area contributed by atoms with Gasteiger partial charge in [0.05, 0.1) is 12.2 Å². The van der Waals surface area contributed by atoms with Crippen molar-refractivity contribution >= 4 is 29.9 Å². The molecule has 2 rings (SSSR count). The molecule has 1 unspecified atom stereocenters. The van der Waals surface area contributed by atoms with Gasteiger partial charge in [-0.3, -0.25) is 9.67 Å². The zero-order valence-corrected chi connectivity index (χ0v) is 19.2. The average molecular weight is 507 g/mol. The minimum atomic E-state index is -0.715. The van der Waals surface area contributed by atoms with Crippen LogP contribution in [0.3, 0.4) is 0 Å². The topological polar surface area (TPSA) is 63.5 Å². The minimum absolute atomic E-state index is 0. The third-order valence-corrected chi connectivity index (χ3v) is 4.32. The number of halogens is 3. The van der Waals surface area contributed by atoms with Crippen molar-refractivity contribution in [1.29, 1.82) is 0 Å². The minimum Gasteiger partial charge on any atom is -0.489 e. The van der Waals surface area contributed by atoms with Crippen molar-refractivity contribution in [2.75, 3.05) is 20.2 Å².